The van der Waals surface area contributed by atoms with Gasteiger partial charge in [-0.05, 0) is 103 Å². The smallest absolute Gasteiger partial charge is 0.317 e. The average Bonchev–Trinajstić information content (AvgIpc) is 3.30. The Bertz CT molecular complexity index is 2660. The van der Waals surface area contributed by atoms with Gasteiger partial charge in [-0.15, -0.1) is 0 Å². The number of fused-ring (bicyclic) bond motifs is 1. The molecule has 6 N–H and O–H groups in total. The van der Waals surface area contributed by atoms with Gasteiger partial charge < -0.3 is 40.4 Å². The first-order valence-electron chi connectivity index (χ1n) is 22.2. The van der Waals surface area contributed by atoms with Gasteiger partial charge in [-0.1, -0.05) is 84.9 Å². The van der Waals surface area contributed by atoms with Crippen LogP contribution in [-0.2, 0) is 27.4 Å². The summed E-state index contributed by atoms with van der Waals surface area (Å²) in [5.41, 5.74) is 3.99. The number of ether oxygens (including phenoxy) is 2. The standard InChI is InChI=1S/C52H54N4O9/c57-44-18-16-42(43-17-19-48(61)55-50(43)44)46(59)29-53-28-38-15-14-37(27-45(38)58)51(62)54-40-24-39(25-40)47(60)32-64-41-13-7-12-36(26-41)49(35-10-5-2-6-11-35)52(63)65-31-34-20-22-56(23-21-34)30-33-8-3-1-4-9-33/h1-19,26-27,34,39-40,46,49,53,57-59H,20-25,28-32H2,(H,54,62)(H,55,61)/t39?,40?,46-,49?/m0/s1. The number of benzene rings is 5. The molecular formula is C52H54N4O9. The number of aliphatic hydroxyl groups excluding tert-OH is 1. The zero-order valence-corrected chi connectivity index (χ0v) is 36.0. The molecule has 0 radical (unpaired) electrons. The second-order valence-corrected chi connectivity index (χ2v) is 17.1. The minimum Gasteiger partial charge on any atom is -0.508 e. The number of ketones is 1. The number of likely N-dealkylation sites (tertiary alicyclic amines) is 1. The number of Topliss-reactive ketones (excluding diaryl/α,β-unsaturated/α-hetero) is 1. The normalized spacial score (nSPS) is 17.4. The fourth-order valence-corrected chi connectivity index (χ4v) is 8.73. The zero-order valence-electron chi connectivity index (χ0n) is 36.0. The molecule has 336 valence electrons. The molecule has 1 saturated carbocycles. The minimum atomic E-state index is -0.975. The Balaban J connectivity index is 0.778. The van der Waals surface area contributed by atoms with Gasteiger partial charge in [0, 0.05) is 54.2 Å². The van der Waals surface area contributed by atoms with Gasteiger partial charge in [-0.2, -0.15) is 0 Å². The number of aromatic hydroxyl groups is 2. The Kier molecular flexibility index (Phi) is 14.3. The van der Waals surface area contributed by atoms with Crippen LogP contribution in [-0.4, -0.2) is 81.8 Å². The van der Waals surface area contributed by atoms with Gasteiger partial charge in [0.05, 0.1) is 18.2 Å². The van der Waals surface area contributed by atoms with Crippen molar-refractivity contribution in [2.45, 2.75) is 56.8 Å². The largest absolute Gasteiger partial charge is 0.508 e. The highest BCUT2D eigenvalue weighted by Gasteiger charge is 2.36. The van der Waals surface area contributed by atoms with E-state index in [1.54, 1.807) is 36.4 Å². The summed E-state index contributed by atoms with van der Waals surface area (Å²) in [6.45, 7) is 3.36. The van der Waals surface area contributed by atoms with Crippen LogP contribution in [0.1, 0.15) is 75.9 Å². The molecule has 1 aromatic heterocycles. The van der Waals surface area contributed by atoms with E-state index in [-0.39, 0.29) is 77.5 Å². The molecule has 13 heteroatoms. The maximum absolute atomic E-state index is 13.8. The number of piperidine rings is 1. The molecule has 0 bridgehead atoms. The predicted octanol–water partition coefficient (Wildman–Crippen LogP) is 6.51. The number of phenols is 2. The van der Waals surface area contributed by atoms with Crippen LogP contribution >= 0.6 is 0 Å². The van der Waals surface area contributed by atoms with Crippen molar-refractivity contribution >= 4 is 28.6 Å². The van der Waals surface area contributed by atoms with Gasteiger partial charge in [0.15, 0.2) is 5.78 Å². The topological polar surface area (TPSA) is 191 Å². The first kappa shape index (κ1) is 44.8. The van der Waals surface area contributed by atoms with Crippen LogP contribution in [0.25, 0.3) is 10.9 Å². The van der Waals surface area contributed by atoms with E-state index in [2.05, 4.69) is 44.8 Å². The number of phenolic OH excluding ortho intramolecular Hbond substituents is 2. The Morgan fingerprint density at radius 2 is 1.54 bits per heavy atom. The predicted molar refractivity (Wildman–Crippen MR) is 246 cm³/mol. The van der Waals surface area contributed by atoms with Gasteiger partial charge in [-0.3, -0.25) is 24.1 Å². The number of hydrogen-bond acceptors (Lipinski definition) is 11. The third-order valence-corrected chi connectivity index (χ3v) is 12.6. The number of esters is 1. The number of hydrogen-bond donors (Lipinski definition) is 6. The average molecular weight is 879 g/mol. The number of aromatic nitrogens is 1. The first-order valence-corrected chi connectivity index (χ1v) is 22.2. The molecule has 65 heavy (non-hydrogen) atoms. The van der Waals surface area contributed by atoms with Crippen molar-refractivity contribution in [2.75, 3.05) is 32.8 Å². The van der Waals surface area contributed by atoms with E-state index >= 15 is 0 Å². The second kappa shape index (κ2) is 20.8. The van der Waals surface area contributed by atoms with Crippen LogP contribution in [0, 0.1) is 11.8 Å². The van der Waals surface area contributed by atoms with E-state index in [0.29, 0.717) is 53.2 Å². The Morgan fingerprint density at radius 1 is 0.800 bits per heavy atom. The van der Waals surface area contributed by atoms with E-state index in [9.17, 15) is 34.5 Å². The van der Waals surface area contributed by atoms with Crippen molar-refractivity contribution in [1.82, 2.24) is 20.5 Å². The van der Waals surface area contributed by atoms with E-state index in [1.807, 2.05) is 48.5 Å². The number of H-pyrrole nitrogens is 1. The third kappa shape index (κ3) is 11.3. The maximum atomic E-state index is 13.8. The number of rotatable bonds is 18. The van der Waals surface area contributed by atoms with E-state index in [1.165, 1.54) is 23.8 Å². The lowest BCUT2D eigenvalue weighted by Gasteiger charge is -2.34. The van der Waals surface area contributed by atoms with Crippen LogP contribution < -0.4 is 20.9 Å². The van der Waals surface area contributed by atoms with Gasteiger partial charge in [-0.25, -0.2) is 0 Å². The molecule has 2 heterocycles. The molecular weight excluding hydrogens is 825 g/mol. The summed E-state index contributed by atoms with van der Waals surface area (Å²) in [5.74, 6) is -1.13. The molecule has 13 nitrogen and oxygen atoms in total. The van der Waals surface area contributed by atoms with E-state index in [4.69, 9.17) is 9.47 Å². The summed E-state index contributed by atoms with van der Waals surface area (Å²) >= 11 is 0. The molecule has 2 aliphatic rings. The lowest BCUT2D eigenvalue weighted by atomic mass is 9.77. The number of pyridine rings is 1. The molecule has 5 aromatic carbocycles. The molecule has 1 unspecified atom stereocenters. The Hall–Kier alpha value is -6.80. The SMILES string of the molecule is O=C(NC1CC(C(=O)COc2cccc(C(C(=O)OCC3CCN(Cc4ccccc4)CC3)c3ccccc3)c2)C1)c1ccc(CNC[C@H](O)c2ccc(O)c3[nH]c(=O)ccc23)c(O)c1. The Labute approximate surface area is 377 Å². The zero-order chi connectivity index (χ0) is 45.3. The van der Waals surface area contributed by atoms with Crippen molar-refractivity contribution in [3.8, 4) is 17.2 Å². The Morgan fingerprint density at radius 3 is 2.29 bits per heavy atom. The lowest BCUT2D eigenvalue weighted by Crippen LogP contribution is -2.47. The van der Waals surface area contributed by atoms with Gasteiger partial charge >= 0.3 is 5.97 Å². The maximum Gasteiger partial charge on any atom is 0.317 e. The molecule has 0 spiro atoms. The van der Waals surface area contributed by atoms with E-state index < -0.39 is 12.0 Å². The van der Waals surface area contributed by atoms with Crippen LogP contribution in [0.2, 0.25) is 0 Å². The van der Waals surface area contributed by atoms with Crippen LogP contribution in [0.5, 0.6) is 17.2 Å². The minimum absolute atomic E-state index is 0.0807. The number of aliphatic hydroxyl groups is 1. The monoisotopic (exact) mass is 878 g/mol. The number of aromatic amines is 1. The summed E-state index contributed by atoms with van der Waals surface area (Å²) < 4.78 is 12.0. The van der Waals surface area contributed by atoms with Crippen molar-refractivity contribution in [1.29, 1.82) is 0 Å². The fraction of sp³-hybridized carbons (Fsp3) is 0.308. The lowest BCUT2D eigenvalue weighted by molar-refractivity contribution is -0.146. The summed E-state index contributed by atoms with van der Waals surface area (Å²) in [4.78, 5) is 56.8. The summed E-state index contributed by atoms with van der Waals surface area (Å²) in [5, 5.41) is 38.3. The summed E-state index contributed by atoms with van der Waals surface area (Å²) in [6, 6.07) is 37.5. The number of carbonyl (C=O) groups is 3. The summed E-state index contributed by atoms with van der Waals surface area (Å²) in [6.07, 6.45) is 1.88. The molecule has 1 amide bonds. The number of nitrogens with zero attached hydrogens (tertiary/aromatic N) is 1. The molecule has 6 aromatic rings. The van der Waals surface area contributed by atoms with Crippen LogP contribution in [0.3, 0.4) is 0 Å². The molecule has 2 fully saturated rings. The molecule has 1 aliphatic heterocycles. The van der Waals surface area contributed by atoms with Crippen LogP contribution in [0.4, 0.5) is 0 Å². The molecule has 8 rings (SSSR count). The highest BCUT2D eigenvalue weighted by atomic mass is 16.5. The van der Waals surface area contributed by atoms with Crippen molar-refractivity contribution in [3.63, 3.8) is 0 Å². The van der Waals surface area contributed by atoms with Gasteiger partial charge in [0.1, 0.15) is 29.8 Å². The quantitative estimate of drug-likeness (QED) is 0.0517. The highest BCUT2D eigenvalue weighted by molar-refractivity contribution is 5.95. The second-order valence-electron chi connectivity index (χ2n) is 17.1. The molecule has 1 saturated heterocycles. The molecule has 1 aliphatic carbocycles. The highest BCUT2D eigenvalue weighted by Crippen LogP contribution is 2.33. The third-order valence-electron chi connectivity index (χ3n) is 12.6. The van der Waals surface area contributed by atoms with Crippen molar-refractivity contribution < 1.29 is 39.2 Å². The number of amides is 1. The van der Waals surface area contributed by atoms with Gasteiger partial charge in [0.25, 0.3) is 5.91 Å². The number of carbonyl (C=O) groups excluding carboxylic acids is 3. The van der Waals surface area contributed by atoms with Crippen molar-refractivity contribution in [2.24, 2.45) is 11.8 Å². The molecule has 2 atom stereocenters. The first-order chi connectivity index (χ1) is 31.6. The van der Waals surface area contributed by atoms with E-state index in [0.717, 1.165) is 38.0 Å². The van der Waals surface area contributed by atoms with Gasteiger partial charge in [0.2, 0.25) is 5.56 Å². The number of nitrogens with one attached hydrogen (secondary N) is 3. The fourth-order valence-electron chi connectivity index (χ4n) is 8.73. The van der Waals surface area contributed by atoms with Crippen molar-refractivity contribution in [3.05, 3.63) is 171 Å². The summed E-state index contributed by atoms with van der Waals surface area (Å²) in [7, 11) is 0. The van der Waals surface area contributed by atoms with Crippen LogP contribution in [0.15, 0.2) is 132 Å².